The third-order valence-electron chi connectivity index (χ3n) is 4.27. The van der Waals surface area contributed by atoms with Crippen molar-refractivity contribution in [2.45, 2.75) is 45.6 Å². The Labute approximate surface area is 165 Å². The average Bonchev–Trinajstić information content (AvgIpc) is 3.10. The molecule has 10 heteroatoms. The van der Waals surface area contributed by atoms with Crippen LogP contribution in [0.4, 0.5) is 19.2 Å². The lowest BCUT2D eigenvalue weighted by molar-refractivity contribution is -0.274. The first-order chi connectivity index (χ1) is 13.5. The molecule has 2 heterocycles. The monoisotopic (exact) mass is 413 g/mol. The number of benzene rings is 1. The molecule has 1 aliphatic rings. The predicted molar refractivity (Wildman–Crippen MR) is 97.2 cm³/mol. The first kappa shape index (κ1) is 20.9. The molecule has 0 spiro atoms. The second-order valence-corrected chi connectivity index (χ2v) is 7.77. The molecule has 0 N–H and O–H groups in total. The fourth-order valence-electron chi connectivity index (χ4n) is 2.96. The van der Waals surface area contributed by atoms with Gasteiger partial charge in [0, 0.05) is 18.7 Å². The van der Waals surface area contributed by atoms with E-state index in [1.165, 1.54) is 24.3 Å². The van der Waals surface area contributed by atoms with Gasteiger partial charge in [-0.1, -0.05) is 5.16 Å². The third-order valence-corrected chi connectivity index (χ3v) is 4.27. The van der Waals surface area contributed by atoms with Crippen molar-refractivity contribution in [3.05, 3.63) is 24.3 Å². The molecule has 0 amide bonds. The lowest BCUT2D eigenvalue weighted by Gasteiger charge is -2.31. The molecule has 2 aromatic rings. The molecule has 1 fully saturated rings. The highest BCUT2D eigenvalue weighted by atomic mass is 19.4. The van der Waals surface area contributed by atoms with E-state index in [4.69, 9.17) is 9.26 Å². The largest absolute Gasteiger partial charge is 0.573 e. The van der Waals surface area contributed by atoms with Crippen LogP contribution in [0, 0.1) is 5.92 Å². The molecule has 0 atom stereocenters. The summed E-state index contributed by atoms with van der Waals surface area (Å²) in [5.41, 5.74) is -0.0193. The van der Waals surface area contributed by atoms with E-state index in [2.05, 4.69) is 14.9 Å². The summed E-state index contributed by atoms with van der Waals surface area (Å²) in [6.07, 6.45) is -3.53. The van der Waals surface area contributed by atoms with Gasteiger partial charge in [-0.05, 0) is 57.9 Å². The van der Waals surface area contributed by atoms with Gasteiger partial charge in [-0.25, -0.2) is 0 Å². The Hall–Kier alpha value is -2.78. The Morgan fingerprint density at radius 1 is 1.14 bits per heavy atom. The fraction of sp³-hybridized carbons (Fsp3) is 0.526. The number of piperidine rings is 1. The van der Waals surface area contributed by atoms with Gasteiger partial charge in [0.25, 0.3) is 0 Å². The summed E-state index contributed by atoms with van der Waals surface area (Å²) < 4.78 is 51.3. The van der Waals surface area contributed by atoms with Crippen molar-refractivity contribution in [3.8, 4) is 17.1 Å². The summed E-state index contributed by atoms with van der Waals surface area (Å²) in [6, 6.07) is 5.52. The van der Waals surface area contributed by atoms with Crippen molar-refractivity contribution in [1.82, 2.24) is 10.1 Å². The Kier molecular flexibility index (Phi) is 5.72. The number of esters is 1. The molecule has 3 rings (SSSR count). The number of halogens is 3. The van der Waals surface area contributed by atoms with Gasteiger partial charge in [-0.15, -0.1) is 13.2 Å². The number of anilines is 1. The van der Waals surface area contributed by atoms with Gasteiger partial charge in [0.2, 0.25) is 5.82 Å². The summed E-state index contributed by atoms with van der Waals surface area (Å²) in [4.78, 5) is 18.4. The molecule has 0 bridgehead atoms. The number of ether oxygens (including phenoxy) is 2. The second-order valence-electron chi connectivity index (χ2n) is 7.77. The number of aromatic nitrogens is 2. The second kappa shape index (κ2) is 7.92. The summed E-state index contributed by atoms with van der Waals surface area (Å²) in [7, 11) is 0. The molecule has 0 radical (unpaired) electrons. The Morgan fingerprint density at radius 3 is 2.31 bits per heavy atom. The number of carbonyl (C=O) groups is 1. The highest BCUT2D eigenvalue weighted by Crippen LogP contribution is 2.28. The zero-order valence-electron chi connectivity index (χ0n) is 16.3. The van der Waals surface area contributed by atoms with Gasteiger partial charge in [0.05, 0.1) is 5.92 Å². The molecular formula is C19H22F3N3O4. The SMILES string of the molecule is CC(C)(C)OC(=O)C1CCN(c2nc(-c3ccc(OC(F)(F)F)cc3)no2)CC1. The van der Waals surface area contributed by atoms with E-state index < -0.39 is 12.0 Å². The van der Waals surface area contributed by atoms with Crippen LogP contribution >= 0.6 is 0 Å². The Morgan fingerprint density at radius 2 is 1.76 bits per heavy atom. The van der Waals surface area contributed by atoms with Crippen LogP contribution in [0.15, 0.2) is 28.8 Å². The minimum Gasteiger partial charge on any atom is -0.460 e. The highest BCUT2D eigenvalue weighted by molar-refractivity contribution is 5.73. The molecule has 1 saturated heterocycles. The van der Waals surface area contributed by atoms with Gasteiger partial charge in [0.1, 0.15) is 11.4 Å². The number of rotatable bonds is 4. The van der Waals surface area contributed by atoms with Gasteiger partial charge in [-0.2, -0.15) is 4.98 Å². The van der Waals surface area contributed by atoms with Crippen LogP contribution in [0.3, 0.4) is 0 Å². The van der Waals surface area contributed by atoms with Crippen LogP contribution < -0.4 is 9.64 Å². The Balaban J connectivity index is 1.59. The number of hydrogen-bond acceptors (Lipinski definition) is 7. The lowest BCUT2D eigenvalue weighted by Crippen LogP contribution is -2.39. The van der Waals surface area contributed by atoms with E-state index in [0.717, 1.165) is 0 Å². The van der Waals surface area contributed by atoms with Crippen LogP contribution in [0.1, 0.15) is 33.6 Å². The minimum absolute atomic E-state index is 0.172. The molecule has 1 aliphatic heterocycles. The fourth-order valence-corrected chi connectivity index (χ4v) is 2.96. The van der Waals surface area contributed by atoms with Crippen molar-refractivity contribution < 1.29 is 32.0 Å². The molecule has 1 aromatic heterocycles. The maximum absolute atomic E-state index is 12.2. The van der Waals surface area contributed by atoms with E-state index in [0.29, 0.717) is 37.5 Å². The summed E-state index contributed by atoms with van der Waals surface area (Å²) in [5.74, 6) is -0.444. The van der Waals surface area contributed by atoms with Crippen molar-refractivity contribution in [2.75, 3.05) is 18.0 Å². The van der Waals surface area contributed by atoms with Gasteiger partial charge < -0.3 is 18.9 Å². The third kappa shape index (κ3) is 5.85. The zero-order valence-corrected chi connectivity index (χ0v) is 16.3. The molecule has 158 valence electrons. The van der Waals surface area contributed by atoms with Crippen molar-refractivity contribution in [2.24, 2.45) is 5.92 Å². The lowest BCUT2D eigenvalue weighted by atomic mass is 9.97. The van der Waals surface area contributed by atoms with E-state index in [1.807, 2.05) is 25.7 Å². The van der Waals surface area contributed by atoms with Crippen molar-refractivity contribution in [1.29, 1.82) is 0 Å². The number of carbonyl (C=O) groups excluding carboxylic acids is 1. The zero-order chi connectivity index (χ0) is 21.2. The van der Waals surface area contributed by atoms with Gasteiger partial charge in [0.15, 0.2) is 0 Å². The summed E-state index contributed by atoms with van der Waals surface area (Å²) in [6.45, 7) is 6.62. The molecule has 1 aromatic carbocycles. The Bertz CT molecular complexity index is 836. The molecule has 29 heavy (non-hydrogen) atoms. The number of alkyl halides is 3. The summed E-state index contributed by atoms with van der Waals surface area (Å²) in [5, 5.41) is 3.89. The molecule has 7 nitrogen and oxygen atoms in total. The van der Waals surface area contributed by atoms with Crippen LogP contribution in [-0.4, -0.2) is 41.2 Å². The van der Waals surface area contributed by atoms with E-state index in [1.54, 1.807) is 0 Å². The highest BCUT2D eigenvalue weighted by Gasteiger charge is 2.32. The van der Waals surface area contributed by atoms with Crippen LogP contribution in [0.2, 0.25) is 0 Å². The first-order valence-electron chi connectivity index (χ1n) is 9.18. The van der Waals surface area contributed by atoms with Crippen molar-refractivity contribution in [3.63, 3.8) is 0 Å². The van der Waals surface area contributed by atoms with Gasteiger partial charge >= 0.3 is 18.3 Å². The summed E-state index contributed by atoms with van der Waals surface area (Å²) >= 11 is 0. The average molecular weight is 413 g/mol. The van der Waals surface area contributed by atoms with Crippen molar-refractivity contribution >= 4 is 12.0 Å². The van der Waals surface area contributed by atoms with E-state index >= 15 is 0 Å². The van der Waals surface area contributed by atoms with Crippen LogP contribution in [0.25, 0.3) is 11.4 Å². The molecular weight excluding hydrogens is 391 g/mol. The standard InChI is InChI=1S/C19H22F3N3O4/c1-18(2,3)28-16(26)13-8-10-25(11-9-13)17-23-15(24-29-17)12-4-6-14(7-5-12)27-19(20,21)22/h4-7,13H,8-11H2,1-3H3. The number of hydrogen-bond donors (Lipinski definition) is 0. The molecule has 0 unspecified atom stereocenters. The minimum atomic E-state index is -4.74. The topological polar surface area (TPSA) is 77.7 Å². The maximum atomic E-state index is 12.2. The quantitative estimate of drug-likeness (QED) is 0.696. The molecule has 0 saturated carbocycles. The van der Waals surface area contributed by atoms with Crippen LogP contribution in [0.5, 0.6) is 5.75 Å². The smallest absolute Gasteiger partial charge is 0.460 e. The number of nitrogens with zero attached hydrogens (tertiary/aromatic N) is 3. The first-order valence-corrected chi connectivity index (χ1v) is 9.18. The van der Waals surface area contributed by atoms with Gasteiger partial charge in [-0.3, -0.25) is 4.79 Å². The predicted octanol–water partition coefficient (Wildman–Crippen LogP) is 4.19. The molecule has 0 aliphatic carbocycles. The van der Waals surface area contributed by atoms with E-state index in [9.17, 15) is 18.0 Å². The van der Waals surface area contributed by atoms with E-state index in [-0.39, 0.29) is 23.5 Å². The normalized spacial score (nSPS) is 16.0. The maximum Gasteiger partial charge on any atom is 0.573 e. The van der Waals surface area contributed by atoms with Crippen LogP contribution in [-0.2, 0) is 9.53 Å².